The largest absolute Gasteiger partial charge is 0.366 e. The Morgan fingerprint density at radius 2 is 1.76 bits per heavy atom. The Morgan fingerprint density at radius 1 is 1.05 bits per heavy atom. The molecule has 1 amide bonds. The lowest BCUT2D eigenvalue weighted by Gasteiger charge is -2.03. The summed E-state index contributed by atoms with van der Waals surface area (Å²) in [7, 11) is 0. The maximum Gasteiger partial charge on any atom is 0.358 e. The van der Waals surface area contributed by atoms with Gasteiger partial charge in [0.15, 0.2) is 5.58 Å². The maximum atomic E-state index is 12.0. The molecule has 1 aromatic heterocycles. The fourth-order valence-corrected chi connectivity index (χ4v) is 2.14. The summed E-state index contributed by atoms with van der Waals surface area (Å²) in [6.45, 7) is 0.437. The summed E-state index contributed by atoms with van der Waals surface area (Å²) in [6.07, 6.45) is 0.696. The monoisotopic (exact) mass is 282 g/mol. The van der Waals surface area contributed by atoms with Crippen molar-refractivity contribution in [1.82, 2.24) is 10.1 Å². The average molecular weight is 282 g/mol. The van der Waals surface area contributed by atoms with Crippen molar-refractivity contribution in [2.45, 2.75) is 6.42 Å². The minimum Gasteiger partial charge on any atom is -0.366 e. The summed E-state index contributed by atoms with van der Waals surface area (Å²) in [5.74, 6) is 0. The van der Waals surface area contributed by atoms with Gasteiger partial charge in [-0.2, -0.15) is 0 Å². The van der Waals surface area contributed by atoms with Gasteiger partial charge < -0.3 is 9.84 Å². The molecular formula is C16H14N2O3. The molecule has 0 bridgehead atoms. The Labute approximate surface area is 120 Å². The fraction of sp³-hybridized carbons (Fsp3) is 0.125. The van der Waals surface area contributed by atoms with Gasteiger partial charge >= 0.3 is 6.03 Å². The van der Waals surface area contributed by atoms with Gasteiger partial charge in [-0.1, -0.05) is 47.2 Å². The zero-order chi connectivity index (χ0) is 14.7. The van der Waals surface area contributed by atoms with Crippen LogP contribution < -0.4 is 10.9 Å². The van der Waals surface area contributed by atoms with Crippen LogP contribution in [0.5, 0.6) is 0 Å². The molecule has 0 aliphatic rings. The average Bonchev–Trinajstić information content (AvgIpc) is 2.86. The number of nitrogens with zero attached hydrogens (tertiary/aromatic N) is 1. The van der Waals surface area contributed by atoms with Gasteiger partial charge in [0, 0.05) is 6.54 Å². The van der Waals surface area contributed by atoms with Gasteiger partial charge in [0.25, 0.3) is 5.56 Å². The lowest BCUT2D eigenvalue weighted by atomic mass is 10.1. The van der Waals surface area contributed by atoms with Gasteiger partial charge in [-0.25, -0.2) is 4.79 Å². The molecule has 5 heteroatoms. The summed E-state index contributed by atoms with van der Waals surface area (Å²) < 4.78 is 6.02. The second-order valence-corrected chi connectivity index (χ2v) is 4.65. The molecule has 21 heavy (non-hydrogen) atoms. The number of carbonyl (C=O) groups is 1. The number of para-hydroxylation sites is 1. The smallest absolute Gasteiger partial charge is 0.358 e. The number of amides is 1. The van der Waals surface area contributed by atoms with Gasteiger partial charge in [-0.3, -0.25) is 4.79 Å². The van der Waals surface area contributed by atoms with Crippen LogP contribution >= 0.6 is 0 Å². The van der Waals surface area contributed by atoms with Crippen LogP contribution in [0.1, 0.15) is 5.56 Å². The van der Waals surface area contributed by atoms with E-state index in [1.54, 1.807) is 24.3 Å². The summed E-state index contributed by atoms with van der Waals surface area (Å²) in [4.78, 5) is 24.0. The molecule has 0 aliphatic carbocycles. The topological polar surface area (TPSA) is 64.2 Å². The summed E-state index contributed by atoms with van der Waals surface area (Å²) in [5.41, 5.74) is 1.08. The van der Waals surface area contributed by atoms with E-state index in [0.717, 1.165) is 10.3 Å². The number of hydrogen-bond acceptors (Lipinski definition) is 3. The van der Waals surface area contributed by atoms with Crippen LogP contribution in [0.25, 0.3) is 11.0 Å². The van der Waals surface area contributed by atoms with Crippen molar-refractivity contribution < 1.29 is 9.32 Å². The molecule has 0 unspecified atom stereocenters. The Bertz CT molecular complexity index is 818. The first kappa shape index (κ1) is 13.2. The van der Waals surface area contributed by atoms with Crippen molar-refractivity contribution in [2.75, 3.05) is 6.54 Å². The van der Waals surface area contributed by atoms with Crippen molar-refractivity contribution in [2.24, 2.45) is 0 Å². The quantitative estimate of drug-likeness (QED) is 0.802. The van der Waals surface area contributed by atoms with E-state index in [2.05, 4.69) is 5.32 Å². The highest BCUT2D eigenvalue weighted by molar-refractivity contribution is 5.82. The predicted molar refractivity (Wildman–Crippen MR) is 79.4 cm³/mol. The van der Waals surface area contributed by atoms with Crippen molar-refractivity contribution in [3.8, 4) is 0 Å². The number of benzene rings is 2. The van der Waals surface area contributed by atoms with Crippen molar-refractivity contribution in [3.63, 3.8) is 0 Å². The van der Waals surface area contributed by atoms with Gasteiger partial charge in [0.2, 0.25) is 0 Å². The lowest BCUT2D eigenvalue weighted by Crippen LogP contribution is -2.35. The van der Waals surface area contributed by atoms with E-state index < -0.39 is 11.6 Å². The van der Waals surface area contributed by atoms with Crippen LogP contribution in [0, 0.1) is 0 Å². The minimum absolute atomic E-state index is 0.399. The molecule has 3 rings (SSSR count). The first-order chi connectivity index (χ1) is 10.3. The first-order valence-electron chi connectivity index (χ1n) is 6.69. The van der Waals surface area contributed by atoms with E-state index in [1.165, 1.54) is 0 Å². The molecule has 0 saturated carbocycles. The maximum absolute atomic E-state index is 12.0. The molecule has 0 aliphatic heterocycles. The third-order valence-electron chi connectivity index (χ3n) is 3.21. The second-order valence-electron chi connectivity index (χ2n) is 4.65. The second kappa shape index (κ2) is 5.66. The number of fused-ring (bicyclic) bond motifs is 1. The van der Waals surface area contributed by atoms with Crippen LogP contribution in [0.4, 0.5) is 4.79 Å². The first-order valence-corrected chi connectivity index (χ1v) is 6.69. The van der Waals surface area contributed by atoms with Crippen molar-refractivity contribution in [1.29, 1.82) is 0 Å². The molecule has 0 spiro atoms. The van der Waals surface area contributed by atoms with E-state index in [9.17, 15) is 9.59 Å². The summed E-state index contributed by atoms with van der Waals surface area (Å²) in [5, 5.41) is 3.08. The highest BCUT2D eigenvalue weighted by Gasteiger charge is 2.14. The van der Waals surface area contributed by atoms with E-state index in [-0.39, 0.29) is 0 Å². The number of hydrogen-bond donors (Lipinski definition) is 1. The van der Waals surface area contributed by atoms with Gasteiger partial charge in [0.1, 0.15) is 0 Å². The Balaban J connectivity index is 1.70. The number of aromatic nitrogens is 1. The van der Waals surface area contributed by atoms with Crippen LogP contribution in [-0.4, -0.2) is 17.3 Å². The van der Waals surface area contributed by atoms with E-state index in [0.29, 0.717) is 23.9 Å². The fourth-order valence-electron chi connectivity index (χ4n) is 2.14. The van der Waals surface area contributed by atoms with E-state index in [4.69, 9.17) is 4.52 Å². The van der Waals surface area contributed by atoms with E-state index >= 15 is 0 Å². The standard InChI is InChI=1S/C16H14N2O3/c19-15-13-8-4-5-9-14(13)21-18(15)16(20)17-11-10-12-6-2-1-3-7-12/h1-9H,10-11H2,(H,17,20). The Hall–Kier alpha value is -2.82. The molecule has 3 aromatic rings. The molecule has 0 saturated heterocycles. The number of carbonyl (C=O) groups excluding carboxylic acids is 1. The van der Waals surface area contributed by atoms with Gasteiger partial charge in [0.05, 0.1) is 5.39 Å². The van der Waals surface area contributed by atoms with E-state index in [1.807, 2.05) is 30.3 Å². The zero-order valence-electron chi connectivity index (χ0n) is 11.3. The zero-order valence-corrected chi connectivity index (χ0v) is 11.3. The number of nitrogens with one attached hydrogen (secondary N) is 1. The molecule has 2 aromatic carbocycles. The van der Waals surface area contributed by atoms with Crippen molar-refractivity contribution >= 4 is 17.0 Å². The molecule has 106 valence electrons. The Kier molecular flexibility index (Phi) is 3.55. The SMILES string of the molecule is O=C(NCCc1ccccc1)n1oc2ccccc2c1=O. The summed E-state index contributed by atoms with van der Waals surface area (Å²) >= 11 is 0. The lowest BCUT2D eigenvalue weighted by molar-refractivity contribution is 0.213. The summed E-state index contributed by atoms with van der Waals surface area (Å²) in [6, 6.07) is 16.0. The Morgan fingerprint density at radius 3 is 2.52 bits per heavy atom. The van der Waals surface area contributed by atoms with Crippen molar-refractivity contribution in [3.05, 3.63) is 70.5 Å². The van der Waals surface area contributed by atoms with Crippen LogP contribution in [0.3, 0.4) is 0 Å². The molecule has 0 atom stereocenters. The molecule has 0 fully saturated rings. The predicted octanol–water partition coefficient (Wildman–Crippen LogP) is 2.39. The molecule has 1 N–H and O–H groups in total. The normalized spacial score (nSPS) is 10.7. The highest BCUT2D eigenvalue weighted by atomic mass is 16.5. The highest BCUT2D eigenvalue weighted by Crippen LogP contribution is 2.09. The van der Waals surface area contributed by atoms with Gasteiger partial charge in [-0.05, 0) is 24.1 Å². The third kappa shape index (κ3) is 2.72. The molecule has 5 nitrogen and oxygen atoms in total. The third-order valence-corrected chi connectivity index (χ3v) is 3.21. The molecule has 1 heterocycles. The number of rotatable bonds is 3. The van der Waals surface area contributed by atoms with Gasteiger partial charge in [-0.15, -0.1) is 0 Å². The van der Waals surface area contributed by atoms with Crippen LogP contribution in [-0.2, 0) is 6.42 Å². The molecule has 0 radical (unpaired) electrons. The minimum atomic E-state index is -0.549. The van der Waals surface area contributed by atoms with Crippen LogP contribution in [0.2, 0.25) is 0 Å². The van der Waals surface area contributed by atoms with Crippen LogP contribution in [0.15, 0.2) is 63.9 Å². The molecular weight excluding hydrogens is 268 g/mol.